The summed E-state index contributed by atoms with van der Waals surface area (Å²) in [7, 11) is 5.70. The monoisotopic (exact) mass is 353 g/mol. The van der Waals surface area contributed by atoms with E-state index < -0.39 is 0 Å². The van der Waals surface area contributed by atoms with E-state index in [2.05, 4.69) is 28.4 Å². The predicted octanol–water partition coefficient (Wildman–Crippen LogP) is 3.07. The molecule has 5 nitrogen and oxygen atoms in total. The molecule has 1 aliphatic heterocycles. The van der Waals surface area contributed by atoms with Crippen LogP contribution in [0.4, 0.5) is 4.79 Å². The van der Waals surface area contributed by atoms with E-state index in [0.29, 0.717) is 13.1 Å². The van der Waals surface area contributed by atoms with Crippen molar-refractivity contribution in [1.82, 2.24) is 15.1 Å². The summed E-state index contributed by atoms with van der Waals surface area (Å²) in [5, 5.41) is 3.10. The van der Waals surface area contributed by atoms with E-state index in [9.17, 15) is 4.79 Å². The number of benzene rings is 2. The van der Waals surface area contributed by atoms with Gasteiger partial charge in [0, 0.05) is 25.2 Å². The van der Waals surface area contributed by atoms with E-state index in [-0.39, 0.29) is 12.1 Å². The van der Waals surface area contributed by atoms with E-state index in [1.165, 1.54) is 11.1 Å². The molecular weight excluding hydrogens is 326 g/mol. The highest BCUT2D eigenvalue weighted by atomic mass is 16.5. The highest BCUT2D eigenvalue weighted by Gasteiger charge is 2.23. The van der Waals surface area contributed by atoms with Crippen molar-refractivity contribution in [3.63, 3.8) is 0 Å². The van der Waals surface area contributed by atoms with Crippen LogP contribution in [-0.4, -0.2) is 50.1 Å². The molecule has 0 fully saturated rings. The van der Waals surface area contributed by atoms with Crippen molar-refractivity contribution < 1.29 is 9.53 Å². The maximum absolute atomic E-state index is 12.7. The number of nitrogens with zero attached hydrogens (tertiary/aromatic N) is 2. The summed E-state index contributed by atoms with van der Waals surface area (Å²) in [4.78, 5) is 16.7. The number of ether oxygens (including phenoxy) is 1. The first-order valence-corrected chi connectivity index (χ1v) is 8.99. The van der Waals surface area contributed by atoms with E-state index in [1.807, 2.05) is 49.3 Å². The first-order valence-electron chi connectivity index (χ1n) is 8.99. The van der Waals surface area contributed by atoms with Gasteiger partial charge in [0.1, 0.15) is 5.75 Å². The Bertz CT molecular complexity index is 760. The Morgan fingerprint density at radius 1 is 1.15 bits per heavy atom. The van der Waals surface area contributed by atoms with Gasteiger partial charge in [0.2, 0.25) is 0 Å². The maximum atomic E-state index is 12.7. The lowest BCUT2D eigenvalue weighted by Gasteiger charge is -2.31. The molecule has 1 atom stereocenters. The van der Waals surface area contributed by atoms with Crippen molar-refractivity contribution in [2.24, 2.45) is 0 Å². The lowest BCUT2D eigenvalue weighted by Crippen LogP contribution is -2.45. The largest absolute Gasteiger partial charge is 0.496 e. The van der Waals surface area contributed by atoms with E-state index in [1.54, 1.807) is 7.11 Å². The Morgan fingerprint density at radius 3 is 2.58 bits per heavy atom. The van der Waals surface area contributed by atoms with Crippen LogP contribution in [0.3, 0.4) is 0 Å². The fraction of sp³-hybridized carbons (Fsp3) is 0.381. The summed E-state index contributed by atoms with van der Waals surface area (Å²) >= 11 is 0. The van der Waals surface area contributed by atoms with Crippen molar-refractivity contribution in [3.05, 3.63) is 65.2 Å². The van der Waals surface area contributed by atoms with Crippen LogP contribution in [0, 0.1) is 0 Å². The van der Waals surface area contributed by atoms with E-state index >= 15 is 0 Å². The number of hydrogen-bond acceptors (Lipinski definition) is 3. The Balaban J connectivity index is 1.66. The Hall–Kier alpha value is -2.53. The van der Waals surface area contributed by atoms with Gasteiger partial charge in [-0.15, -0.1) is 0 Å². The molecule has 0 saturated heterocycles. The first kappa shape index (κ1) is 18.3. The zero-order chi connectivity index (χ0) is 18.5. The van der Waals surface area contributed by atoms with Crippen molar-refractivity contribution in [2.75, 3.05) is 34.3 Å². The highest BCUT2D eigenvalue weighted by Crippen LogP contribution is 2.27. The number of urea groups is 1. The summed E-state index contributed by atoms with van der Waals surface area (Å²) in [5.74, 6) is 0.840. The lowest BCUT2D eigenvalue weighted by atomic mass is 10.0. The molecule has 1 N–H and O–H groups in total. The van der Waals surface area contributed by atoms with Crippen LogP contribution in [0.15, 0.2) is 48.5 Å². The van der Waals surface area contributed by atoms with Crippen molar-refractivity contribution in [3.8, 4) is 5.75 Å². The molecule has 3 rings (SSSR count). The summed E-state index contributed by atoms with van der Waals surface area (Å²) in [5.41, 5.74) is 3.66. The van der Waals surface area contributed by atoms with Crippen molar-refractivity contribution >= 4 is 6.03 Å². The van der Waals surface area contributed by atoms with Gasteiger partial charge in [-0.3, -0.25) is 0 Å². The van der Waals surface area contributed by atoms with E-state index in [4.69, 9.17) is 4.74 Å². The van der Waals surface area contributed by atoms with Gasteiger partial charge in [-0.1, -0.05) is 42.5 Å². The average molecular weight is 353 g/mol. The number of likely N-dealkylation sites (N-methyl/N-ethyl adjacent to an activating group) is 1. The van der Waals surface area contributed by atoms with Gasteiger partial charge in [0.25, 0.3) is 0 Å². The van der Waals surface area contributed by atoms with E-state index in [0.717, 1.165) is 24.3 Å². The lowest BCUT2D eigenvalue weighted by molar-refractivity contribution is 0.186. The van der Waals surface area contributed by atoms with Gasteiger partial charge in [0.05, 0.1) is 13.2 Å². The number of hydrogen-bond donors (Lipinski definition) is 1. The zero-order valence-corrected chi connectivity index (χ0v) is 15.7. The van der Waals surface area contributed by atoms with Crippen molar-refractivity contribution in [1.29, 1.82) is 0 Å². The molecule has 0 bridgehead atoms. The molecule has 1 heterocycles. The van der Waals surface area contributed by atoms with Gasteiger partial charge in [-0.2, -0.15) is 0 Å². The second-order valence-electron chi connectivity index (χ2n) is 6.85. The van der Waals surface area contributed by atoms with Gasteiger partial charge >= 0.3 is 6.03 Å². The number of para-hydroxylation sites is 1. The molecule has 26 heavy (non-hydrogen) atoms. The third-order valence-corrected chi connectivity index (χ3v) is 4.99. The third kappa shape index (κ3) is 3.99. The van der Waals surface area contributed by atoms with Gasteiger partial charge in [0.15, 0.2) is 0 Å². The quantitative estimate of drug-likeness (QED) is 0.898. The molecular formula is C21H27N3O2. The molecule has 138 valence electrons. The number of fused-ring (bicyclic) bond motifs is 1. The second-order valence-corrected chi connectivity index (χ2v) is 6.85. The standard InChI is InChI=1S/C21H27N3O2/c1-23(2)19(18-10-6-7-11-20(18)26-3)14-22-21(25)24-13-12-16-8-4-5-9-17(16)15-24/h4-11,19H,12-15H2,1-3H3,(H,22,25)/t19-/m1/s1. The number of carbonyl (C=O) groups is 1. The SMILES string of the molecule is COc1ccccc1[C@@H](CNC(=O)N1CCc2ccccc2C1)N(C)C. The first-order chi connectivity index (χ1) is 12.6. The van der Waals surface area contributed by atoms with Crippen LogP contribution in [0.1, 0.15) is 22.7 Å². The molecule has 0 unspecified atom stereocenters. The van der Waals surface area contributed by atoms with Crippen LogP contribution in [-0.2, 0) is 13.0 Å². The Morgan fingerprint density at radius 2 is 1.85 bits per heavy atom. The Kier molecular flexibility index (Phi) is 5.78. The minimum atomic E-state index is -0.0127. The van der Waals surface area contributed by atoms with Crippen LogP contribution in [0.2, 0.25) is 0 Å². The van der Waals surface area contributed by atoms with Crippen LogP contribution < -0.4 is 10.1 Å². The second kappa shape index (κ2) is 8.23. The molecule has 2 amide bonds. The molecule has 0 radical (unpaired) electrons. The number of amides is 2. The molecule has 5 heteroatoms. The summed E-state index contributed by atoms with van der Waals surface area (Å²) < 4.78 is 5.49. The van der Waals surface area contributed by atoms with Gasteiger partial charge < -0.3 is 19.9 Å². The summed E-state index contributed by atoms with van der Waals surface area (Å²) in [6.45, 7) is 1.96. The zero-order valence-electron chi connectivity index (χ0n) is 15.7. The van der Waals surface area contributed by atoms with Crippen LogP contribution >= 0.6 is 0 Å². The van der Waals surface area contributed by atoms with Gasteiger partial charge in [-0.25, -0.2) is 4.79 Å². The predicted molar refractivity (Wildman–Crippen MR) is 103 cm³/mol. The maximum Gasteiger partial charge on any atom is 0.317 e. The number of methoxy groups -OCH3 is 1. The smallest absolute Gasteiger partial charge is 0.317 e. The summed E-state index contributed by atoms with van der Waals surface area (Å²) in [6, 6.07) is 16.3. The number of carbonyl (C=O) groups excluding carboxylic acids is 1. The molecule has 2 aromatic carbocycles. The molecule has 2 aromatic rings. The normalized spacial score (nSPS) is 14.7. The molecule has 1 aliphatic rings. The molecule has 0 spiro atoms. The fourth-order valence-electron chi connectivity index (χ4n) is 3.48. The number of rotatable bonds is 5. The fourth-order valence-corrected chi connectivity index (χ4v) is 3.48. The topological polar surface area (TPSA) is 44.8 Å². The third-order valence-electron chi connectivity index (χ3n) is 4.99. The minimum Gasteiger partial charge on any atom is -0.496 e. The average Bonchev–Trinajstić information content (AvgIpc) is 2.67. The van der Waals surface area contributed by atoms with Crippen LogP contribution in [0.25, 0.3) is 0 Å². The van der Waals surface area contributed by atoms with Crippen molar-refractivity contribution in [2.45, 2.75) is 19.0 Å². The molecule has 0 saturated carbocycles. The van der Waals surface area contributed by atoms with Gasteiger partial charge in [-0.05, 0) is 37.7 Å². The Labute approximate surface area is 155 Å². The highest BCUT2D eigenvalue weighted by molar-refractivity contribution is 5.74. The summed E-state index contributed by atoms with van der Waals surface area (Å²) in [6.07, 6.45) is 0.910. The molecule has 0 aliphatic carbocycles. The minimum absolute atomic E-state index is 0.0127. The number of nitrogens with one attached hydrogen (secondary N) is 1. The van der Waals surface area contributed by atoms with Crippen LogP contribution in [0.5, 0.6) is 5.75 Å². The molecule has 0 aromatic heterocycles.